The van der Waals surface area contributed by atoms with Crippen LogP contribution in [0.25, 0.3) is 0 Å². The number of nitrogens with one attached hydrogen (secondary N) is 3. The number of amides is 2. The first kappa shape index (κ1) is 34.4. The van der Waals surface area contributed by atoms with E-state index in [1.165, 1.54) is 13.3 Å². The molecule has 48 heavy (non-hydrogen) atoms. The van der Waals surface area contributed by atoms with Gasteiger partial charge >= 0.3 is 12.0 Å². The lowest BCUT2D eigenvalue weighted by molar-refractivity contribution is -0.136. The van der Waals surface area contributed by atoms with Crippen molar-refractivity contribution in [1.82, 2.24) is 16.1 Å². The zero-order valence-electron chi connectivity index (χ0n) is 26.6. The van der Waals surface area contributed by atoms with Crippen LogP contribution in [0.4, 0.5) is 4.79 Å². The highest BCUT2D eigenvalue weighted by Gasteiger charge is 2.32. The van der Waals surface area contributed by atoms with E-state index >= 15 is 0 Å². The molecule has 2 aliphatic heterocycles. The van der Waals surface area contributed by atoms with Crippen LogP contribution in [0.15, 0.2) is 64.9 Å². The Morgan fingerprint density at radius 1 is 1.08 bits per heavy atom. The molecule has 2 atom stereocenters. The molecule has 2 aliphatic rings. The highest BCUT2D eigenvalue weighted by atomic mass is 127. The lowest BCUT2D eigenvalue weighted by Gasteiger charge is -2.28. The van der Waals surface area contributed by atoms with Gasteiger partial charge in [-0.3, -0.25) is 5.43 Å². The number of halogens is 1. The topological polar surface area (TPSA) is 167 Å². The molecule has 15 heteroatoms. The van der Waals surface area contributed by atoms with Gasteiger partial charge in [-0.25, -0.2) is 9.59 Å². The second-order valence-electron chi connectivity index (χ2n) is 10.4. The first-order chi connectivity index (χ1) is 23.2. The molecule has 0 fully saturated rings. The lowest BCUT2D eigenvalue weighted by Crippen LogP contribution is -2.45. The molecule has 14 nitrogen and oxygen atoms in total. The zero-order chi connectivity index (χ0) is 34.2. The number of fused-ring (bicyclic) bond motifs is 1. The molecular weight excluding hydrogens is 739 g/mol. The number of nitrogens with zero attached hydrogens (tertiary/aromatic N) is 1. The number of carbonyl (C=O) groups excluding carboxylic acids is 2. The maximum atomic E-state index is 12.5. The molecule has 0 bridgehead atoms. The summed E-state index contributed by atoms with van der Waals surface area (Å²) in [5, 5.41) is 20.0. The van der Waals surface area contributed by atoms with Crippen LogP contribution in [-0.4, -0.2) is 63.8 Å². The molecule has 0 unspecified atom stereocenters. The van der Waals surface area contributed by atoms with Crippen molar-refractivity contribution in [1.29, 1.82) is 0 Å². The minimum atomic E-state index is -1.17. The van der Waals surface area contributed by atoms with Crippen molar-refractivity contribution in [2.24, 2.45) is 5.10 Å². The largest absolute Gasteiger partial charge is 0.493 e. The fourth-order valence-corrected chi connectivity index (χ4v) is 5.74. The van der Waals surface area contributed by atoms with E-state index in [2.05, 4.69) is 43.8 Å². The second kappa shape index (κ2) is 15.8. The van der Waals surface area contributed by atoms with Gasteiger partial charge in [0.05, 0.1) is 42.2 Å². The zero-order valence-corrected chi connectivity index (χ0v) is 28.8. The minimum absolute atomic E-state index is 0.166. The quantitative estimate of drug-likeness (QED) is 0.0612. The van der Waals surface area contributed by atoms with Gasteiger partial charge in [-0.15, -0.1) is 0 Å². The summed E-state index contributed by atoms with van der Waals surface area (Å²) in [5.74, 6) is 2.63. The van der Waals surface area contributed by atoms with E-state index in [0.29, 0.717) is 64.5 Å². The number of hydrazone groups is 1. The molecule has 254 valence electrons. The third kappa shape index (κ3) is 8.14. The predicted molar refractivity (Wildman–Crippen MR) is 182 cm³/mol. The number of carbonyl (C=O) groups is 2. The minimum Gasteiger partial charge on any atom is -0.493 e. The number of hydrogen-bond acceptors (Lipinski definition) is 12. The van der Waals surface area contributed by atoms with Gasteiger partial charge in [-0.05, 0) is 89.5 Å². The van der Waals surface area contributed by atoms with E-state index in [1.807, 2.05) is 31.2 Å². The van der Waals surface area contributed by atoms with Gasteiger partial charge in [0.25, 0.3) is 0 Å². The van der Waals surface area contributed by atoms with Crippen molar-refractivity contribution < 1.29 is 47.9 Å². The van der Waals surface area contributed by atoms with Gasteiger partial charge in [-0.2, -0.15) is 5.10 Å². The molecule has 0 aliphatic carbocycles. The van der Waals surface area contributed by atoms with Crippen LogP contribution >= 0.6 is 22.6 Å². The predicted octanol–water partition coefficient (Wildman–Crippen LogP) is 4.13. The maximum Gasteiger partial charge on any atom is 0.337 e. The molecular formula is C33H35IN4O10. The Hall–Kier alpha value is -4.90. The van der Waals surface area contributed by atoms with Crippen LogP contribution < -0.4 is 44.5 Å². The first-order valence-electron chi connectivity index (χ1n) is 14.8. The molecule has 0 radical (unpaired) electrons. The summed E-state index contributed by atoms with van der Waals surface area (Å²) < 4.78 is 39.8. The maximum absolute atomic E-state index is 12.5. The Bertz CT molecular complexity index is 1730. The van der Waals surface area contributed by atoms with Gasteiger partial charge in [0, 0.05) is 5.70 Å². The third-order valence-corrected chi connectivity index (χ3v) is 7.98. The molecule has 3 aromatic rings. The number of methoxy groups -OCH3 is 2. The van der Waals surface area contributed by atoms with Crippen molar-refractivity contribution in [3.05, 3.63) is 80.1 Å². The van der Waals surface area contributed by atoms with Crippen molar-refractivity contribution in [2.75, 3.05) is 34.2 Å². The van der Waals surface area contributed by atoms with Gasteiger partial charge in [-0.1, -0.05) is 12.1 Å². The van der Waals surface area contributed by atoms with Crippen molar-refractivity contribution in [2.45, 2.75) is 32.7 Å². The van der Waals surface area contributed by atoms with E-state index in [1.54, 1.807) is 38.3 Å². The standard InChI is InChI=1S/C33H35IN4O10/c1-5-44-26-13-21(30-29(32(40)43-4)18(2)36-33(41)37-30)7-9-23(26)45-16-28(39)38-35-14-20-10-22(34)31(27(12-20)42-3)46-15-19-6-8-24-25(11-19)48-17-47-24/h6-14,28,30,38-39H,5,15-17H2,1-4H3,(H2,36,37,41)/b35-14-/t28-,30+/m1/s1. The van der Waals surface area contributed by atoms with E-state index in [4.69, 9.17) is 33.2 Å². The molecule has 3 aromatic carbocycles. The number of urea groups is 1. The number of hydrogen-bond donors (Lipinski definition) is 4. The van der Waals surface area contributed by atoms with Gasteiger partial charge < -0.3 is 48.9 Å². The first-order valence-corrected chi connectivity index (χ1v) is 15.9. The van der Waals surface area contributed by atoms with Crippen LogP contribution in [-0.2, 0) is 16.1 Å². The summed E-state index contributed by atoms with van der Waals surface area (Å²) in [4.78, 5) is 24.7. The van der Waals surface area contributed by atoms with Crippen LogP contribution in [0.1, 0.15) is 36.6 Å². The molecule has 5 rings (SSSR count). The Morgan fingerprint density at radius 2 is 1.90 bits per heavy atom. The van der Waals surface area contributed by atoms with Gasteiger partial charge in [0.15, 0.2) is 40.7 Å². The number of esters is 1. The van der Waals surface area contributed by atoms with Crippen LogP contribution in [0.3, 0.4) is 0 Å². The Morgan fingerprint density at radius 3 is 2.67 bits per heavy atom. The van der Waals surface area contributed by atoms with Gasteiger partial charge in [0.2, 0.25) is 6.79 Å². The van der Waals surface area contributed by atoms with E-state index in [9.17, 15) is 14.7 Å². The highest BCUT2D eigenvalue weighted by molar-refractivity contribution is 14.1. The highest BCUT2D eigenvalue weighted by Crippen LogP contribution is 2.37. The van der Waals surface area contributed by atoms with Crippen molar-refractivity contribution in [3.63, 3.8) is 0 Å². The normalized spacial score (nSPS) is 15.8. The Labute approximate surface area is 290 Å². The SMILES string of the molecule is CCOc1cc([C@@H]2NC(=O)NC(C)=C2C(=O)OC)ccc1OC[C@@H](O)N/N=C\c1cc(I)c(OCc2ccc3c(c2)OCO3)c(OC)c1. The monoisotopic (exact) mass is 774 g/mol. The second-order valence-corrected chi connectivity index (χ2v) is 11.6. The fourth-order valence-electron chi connectivity index (χ4n) is 4.96. The number of allylic oxidation sites excluding steroid dienone is 1. The summed E-state index contributed by atoms with van der Waals surface area (Å²) in [5.41, 5.74) is 5.50. The molecule has 0 spiro atoms. The summed E-state index contributed by atoms with van der Waals surface area (Å²) >= 11 is 2.16. The average Bonchev–Trinajstić information content (AvgIpc) is 3.54. The Balaban J connectivity index is 1.19. The van der Waals surface area contributed by atoms with Crippen LogP contribution in [0.2, 0.25) is 0 Å². The number of aliphatic hydroxyl groups is 1. The summed E-state index contributed by atoms with van der Waals surface area (Å²) in [6.07, 6.45) is 0.374. The third-order valence-electron chi connectivity index (χ3n) is 7.18. The van der Waals surface area contributed by atoms with E-state index < -0.39 is 24.3 Å². The smallest absolute Gasteiger partial charge is 0.337 e. The van der Waals surface area contributed by atoms with E-state index in [-0.39, 0.29) is 19.0 Å². The lowest BCUT2D eigenvalue weighted by atomic mass is 9.95. The number of rotatable bonds is 14. The van der Waals surface area contributed by atoms with Crippen LogP contribution in [0.5, 0.6) is 34.5 Å². The molecule has 2 amide bonds. The summed E-state index contributed by atoms with van der Waals surface area (Å²) in [6, 6.07) is 13.1. The molecule has 2 heterocycles. The van der Waals surface area contributed by atoms with Crippen molar-refractivity contribution >= 4 is 40.8 Å². The summed E-state index contributed by atoms with van der Waals surface area (Å²) in [7, 11) is 2.83. The van der Waals surface area contributed by atoms with E-state index in [0.717, 1.165) is 9.13 Å². The number of aliphatic hydroxyl groups excluding tert-OH is 1. The summed E-state index contributed by atoms with van der Waals surface area (Å²) in [6.45, 7) is 4.11. The number of ether oxygens (including phenoxy) is 7. The fraction of sp³-hybridized carbons (Fsp3) is 0.303. The molecule has 0 saturated carbocycles. The van der Waals surface area contributed by atoms with Crippen molar-refractivity contribution in [3.8, 4) is 34.5 Å². The molecule has 4 N–H and O–H groups in total. The number of benzene rings is 3. The Kier molecular flexibility index (Phi) is 11.3. The molecule has 0 saturated heterocycles. The van der Waals surface area contributed by atoms with Crippen LogP contribution in [0, 0.1) is 3.57 Å². The molecule has 0 aromatic heterocycles. The van der Waals surface area contributed by atoms with Gasteiger partial charge in [0.1, 0.15) is 13.2 Å². The average molecular weight is 775 g/mol.